The Balaban J connectivity index is 1.61. The second-order valence-corrected chi connectivity index (χ2v) is 5.57. The van der Waals surface area contributed by atoms with Gasteiger partial charge in [-0.2, -0.15) is 0 Å². The van der Waals surface area contributed by atoms with E-state index >= 15 is 0 Å². The topological polar surface area (TPSA) is 64.7 Å². The quantitative estimate of drug-likeness (QED) is 0.681. The van der Waals surface area contributed by atoms with Gasteiger partial charge in [0.25, 0.3) is 0 Å². The zero-order valence-electron chi connectivity index (χ0n) is 10.6. The van der Waals surface area contributed by atoms with Crippen molar-refractivity contribution in [3.63, 3.8) is 0 Å². The third kappa shape index (κ3) is 3.41. The van der Waals surface area contributed by atoms with Crippen LogP contribution >= 0.6 is 0 Å². The summed E-state index contributed by atoms with van der Waals surface area (Å²) in [5.41, 5.74) is 5.83. The van der Waals surface area contributed by atoms with Crippen molar-refractivity contribution >= 4 is 0 Å². The van der Waals surface area contributed by atoms with Gasteiger partial charge in [-0.1, -0.05) is 6.42 Å². The molecule has 1 saturated carbocycles. The first-order chi connectivity index (χ1) is 8.24. The summed E-state index contributed by atoms with van der Waals surface area (Å²) in [7, 11) is 0. The molecule has 0 aromatic carbocycles. The van der Waals surface area contributed by atoms with E-state index in [0.717, 1.165) is 58.5 Å². The molecule has 2 fully saturated rings. The maximum absolute atomic E-state index is 9.34. The van der Waals surface area contributed by atoms with Gasteiger partial charge in [0.05, 0.1) is 19.8 Å². The van der Waals surface area contributed by atoms with Gasteiger partial charge in [-0.15, -0.1) is 0 Å². The van der Waals surface area contributed by atoms with Crippen molar-refractivity contribution in [3.05, 3.63) is 0 Å². The van der Waals surface area contributed by atoms with E-state index in [-0.39, 0.29) is 12.1 Å². The minimum atomic E-state index is -0.347. The van der Waals surface area contributed by atoms with Crippen LogP contribution in [-0.4, -0.2) is 43.7 Å². The van der Waals surface area contributed by atoms with Crippen molar-refractivity contribution in [1.82, 2.24) is 0 Å². The molecule has 0 amide bonds. The molecule has 0 radical (unpaired) electrons. The summed E-state index contributed by atoms with van der Waals surface area (Å²) >= 11 is 0. The van der Waals surface area contributed by atoms with Gasteiger partial charge in [0.15, 0.2) is 0 Å². The molecule has 17 heavy (non-hydrogen) atoms. The van der Waals surface area contributed by atoms with Gasteiger partial charge in [-0.3, -0.25) is 0 Å². The number of aliphatic hydroxyl groups is 1. The number of hydrogen-bond donors (Lipinski definition) is 2. The van der Waals surface area contributed by atoms with Gasteiger partial charge in [-0.25, -0.2) is 0 Å². The van der Waals surface area contributed by atoms with Crippen LogP contribution in [0.5, 0.6) is 0 Å². The molecule has 3 unspecified atom stereocenters. The Morgan fingerprint density at radius 2 is 2.29 bits per heavy atom. The first kappa shape index (κ1) is 13.3. The highest BCUT2D eigenvalue weighted by atomic mass is 16.5. The molecule has 0 spiro atoms. The van der Waals surface area contributed by atoms with E-state index in [1.165, 1.54) is 0 Å². The molecule has 4 heteroatoms. The Morgan fingerprint density at radius 3 is 3.00 bits per heavy atom. The van der Waals surface area contributed by atoms with Crippen LogP contribution in [0, 0.1) is 11.8 Å². The molecule has 1 aliphatic carbocycles. The molecule has 4 nitrogen and oxygen atoms in total. The maximum Gasteiger partial charge on any atom is 0.0613 e. The van der Waals surface area contributed by atoms with E-state index in [4.69, 9.17) is 15.2 Å². The molecule has 3 atom stereocenters. The van der Waals surface area contributed by atoms with Crippen LogP contribution in [0.2, 0.25) is 0 Å². The largest absolute Gasteiger partial charge is 0.394 e. The zero-order valence-corrected chi connectivity index (χ0v) is 10.6. The van der Waals surface area contributed by atoms with Gasteiger partial charge in [0.1, 0.15) is 0 Å². The number of ether oxygens (including phenoxy) is 2. The normalized spacial score (nSPS) is 37.8. The van der Waals surface area contributed by atoms with Crippen LogP contribution in [0.3, 0.4) is 0 Å². The van der Waals surface area contributed by atoms with Crippen LogP contribution in [0.4, 0.5) is 0 Å². The molecule has 0 aromatic rings. The van der Waals surface area contributed by atoms with E-state index in [2.05, 4.69) is 0 Å². The summed E-state index contributed by atoms with van der Waals surface area (Å²) in [4.78, 5) is 0. The van der Waals surface area contributed by atoms with Crippen LogP contribution in [0.15, 0.2) is 0 Å². The molecular formula is C13H25NO3. The van der Waals surface area contributed by atoms with Gasteiger partial charge in [0.2, 0.25) is 0 Å². The molecule has 0 aromatic heterocycles. The average Bonchev–Trinajstić information content (AvgIpc) is 2.95. The Morgan fingerprint density at radius 1 is 1.41 bits per heavy atom. The van der Waals surface area contributed by atoms with Crippen molar-refractivity contribution in [2.75, 3.05) is 33.0 Å². The summed E-state index contributed by atoms with van der Waals surface area (Å²) in [5, 5.41) is 9.34. The fraction of sp³-hybridized carbons (Fsp3) is 1.00. The molecule has 100 valence electrons. The van der Waals surface area contributed by atoms with E-state index in [1.54, 1.807) is 0 Å². The molecule has 3 N–H and O–H groups in total. The Hall–Kier alpha value is -0.160. The SMILES string of the molecule is NC1(CO)CCCC1CCOCC1CCOC1. The lowest BCUT2D eigenvalue weighted by Crippen LogP contribution is -2.47. The first-order valence-electron chi connectivity index (χ1n) is 6.80. The second-order valence-electron chi connectivity index (χ2n) is 5.57. The highest BCUT2D eigenvalue weighted by Crippen LogP contribution is 2.35. The van der Waals surface area contributed by atoms with Crippen LogP contribution < -0.4 is 5.73 Å². The number of rotatable bonds is 6. The molecular weight excluding hydrogens is 218 g/mol. The molecule has 1 saturated heterocycles. The fourth-order valence-corrected chi connectivity index (χ4v) is 3.00. The van der Waals surface area contributed by atoms with Crippen molar-refractivity contribution in [1.29, 1.82) is 0 Å². The fourth-order valence-electron chi connectivity index (χ4n) is 3.00. The zero-order chi connectivity index (χ0) is 12.1. The standard InChI is InChI=1S/C13H25NO3/c14-13(10-15)5-1-2-12(13)4-7-17-9-11-3-6-16-8-11/h11-12,15H,1-10,14H2. The molecule has 1 heterocycles. The number of aliphatic hydroxyl groups excluding tert-OH is 1. The van der Waals surface area contributed by atoms with Crippen LogP contribution in [0.25, 0.3) is 0 Å². The van der Waals surface area contributed by atoms with Crippen molar-refractivity contribution in [2.45, 2.75) is 37.6 Å². The van der Waals surface area contributed by atoms with Gasteiger partial charge in [-0.05, 0) is 31.6 Å². The summed E-state index contributed by atoms with van der Waals surface area (Å²) in [6.45, 7) is 3.41. The third-order valence-electron chi connectivity index (χ3n) is 4.29. The highest BCUT2D eigenvalue weighted by Gasteiger charge is 2.38. The molecule has 0 bridgehead atoms. The lowest BCUT2D eigenvalue weighted by Gasteiger charge is -2.29. The minimum Gasteiger partial charge on any atom is -0.394 e. The Kier molecular flexibility index (Phi) is 4.79. The van der Waals surface area contributed by atoms with Crippen LogP contribution in [-0.2, 0) is 9.47 Å². The third-order valence-corrected chi connectivity index (χ3v) is 4.29. The van der Waals surface area contributed by atoms with E-state index in [9.17, 15) is 5.11 Å². The maximum atomic E-state index is 9.34. The van der Waals surface area contributed by atoms with E-state index < -0.39 is 0 Å². The predicted octanol–water partition coefficient (Wildman–Crippen LogP) is 0.919. The molecule has 2 rings (SSSR count). The summed E-state index contributed by atoms with van der Waals surface area (Å²) in [6, 6.07) is 0. The lowest BCUT2D eigenvalue weighted by atomic mass is 9.87. The van der Waals surface area contributed by atoms with E-state index in [1.807, 2.05) is 0 Å². The summed E-state index contributed by atoms with van der Waals surface area (Å²) < 4.78 is 11.0. The average molecular weight is 243 g/mol. The van der Waals surface area contributed by atoms with Crippen molar-refractivity contribution in [3.8, 4) is 0 Å². The summed E-state index contributed by atoms with van der Waals surface area (Å²) in [5.74, 6) is 1.01. The van der Waals surface area contributed by atoms with Crippen molar-refractivity contribution in [2.24, 2.45) is 17.6 Å². The molecule has 1 aliphatic heterocycles. The van der Waals surface area contributed by atoms with Crippen molar-refractivity contribution < 1.29 is 14.6 Å². The minimum absolute atomic E-state index is 0.105. The summed E-state index contributed by atoms with van der Waals surface area (Å²) in [6.07, 6.45) is 5.32. The lowest BCUT2D eigenvalue weighted by molar-refractivity contribution is 0.0680. The number of nitrogens with two attached hydrogens (primary N) is 1. The Bertz CT molecular complexity index is 231. The van der Waals surface area contributed by atoms with E-state index in [0.29, 0.717) is 11.8 Å². The van der Waals surface area contributed by atoms with Crippen LogP contribution in [0.1, 0.15) is 32.1 Å². The smallest absolute Gasteiger partial charge is 0.0613 e. The predicted molar refractivity (Wildman–Crippen MR) is 65.7 cm³/mol. The second kappa shape index (κ2) is 6.14. The van der Waals surface area contributed by atoms with Gasteiger partial charge >= 0.3 is 0 Å². The Labute approximate surface area is 103 Å². The van der Waals surface area contributed by atoms with Gasteiger partial charge < -0.3 is 20.3 Å². The monoisotopic (exact) mass is 243 g/mol. The van der Waals surface area contributed by atoms with Gasteiger partial charge in [0, 0.05) is 24.7 Å². The first-order valence-corrected chi connectivity index (χ1v) is 6.80. The highest BCUT2D eigenvalue weighted by molar-refractivity contribution is 4.95. The molecule has 2 aliphatic rings. The number of hydrogen-bond acceptors (Lipinski definition) is 4.